The van der Waals surface area contributed by atoms with Gasteiger partial charge in [0.25, 0.3) is 0 Å². The fourth-order valence-electron chi connectivity index (χ4n) is 2.41. The molecule has 2 aromatic heterocycles. The number of anilines is 1. The molecular weight excluding hydrogens is 499 g/mol. The molecule has 0 aliphatic rings. The Kier molecular flexibility index (Phi) is 5.38. The zero-order valence-electron chi connectivity index (χ0n) is 13.2. The van der Waals surface area contributed by atoms with Crippen molar-refractivity contribution in [2.24, 2.45) is 0 Å². The van der Waals surface area contributed by atoms with E-state index in [9.17, 15) is 4.79 Å². The average Bonchev–Trinajstić information content (AvgIpc) is 2.95. The lowest BCUT2D eigenvalue weighted by Gasteiger charge is -2.04. The third kappa shape index (κ3) is 3.54. The van der Waals surface area contributed by atoms with Gasteiger partial charge >= 0.3 is 5.97 Å². The van der Waals surface area contributed by atoms with Crippen LogP contribution in [-0.4, -0.2) is 27.5 Å². The van der Waals surface area contributed by atoms with Gasteiger partial charge in [-0.1, -0.05) is 30.3 Å². The molecule has 25 heavy (non-hydrogen) atoms. The monoisotopic (exact) mass is 512 g/mol. The first-order valence-corrected chi connectivity index (χ1v) is 9.32. The number of nitrogens with one attached hydrogen (secondary N) is 1. The molecule has 1 aromatic carbocycles. The lowest BCUT2D eigenvalue weighted by molar-refractivity contribution is 0.0526. The molecule has 3 N–H and O–H groups in total. The second-order valence-electron chi connectivity index (χ2n) is 5.08. The number of nitrogens with zero attached hydrogens (tertiary/aromatic N) is 2. The number of hydrogen-bond donors (Lipinski definition) is 2. The quantitative estimate of drug-likeness (QED) is 0.402. The summed E-state index contributed by atoms with van der Waals surface area (Å²) < 4.78 is 6.63. The zero-order chi connectivity index (χ0) is 18.0. The molecule has 0 spiro atoms. The first-order valence-electron chi connectivity index (χ1n) is 7.45. The number of hydrogen-bond acceptors (Lipinski definition) is 5. The predicted molar refractivity (Wildman–Crippen MR) is 108 cm³/mol. The van der Waals surface area contributed by atoms with Crippen LogP contribution in [0.2, 0.25) is 0 Å². The van der Waals surface area contributed by atoms with Crippen LogP contribution in [0.5, 0.6) is 0 Å². The molecule has 8 heteroatoms. The van der Waals surface area contributed by atoms with Crippen LogP contribution in [0.4, 0.5) is 5.95 Å². The highest BCUT2D eigenvalue weighted by Gasteiger charge is 2.26. The summed E-state index contributed by atoms with van der Waals surface area (Å²) in [4.78, 5) is 24.1. The molecule has 0 radical (unpaired) electrons. The molecule has 0 amide bonds. The van der Waals surface area contributed by atoms with Gasteiger partial charge in [-0.15, -0.1) is 0 Å². The van der Waals surface area contributed by atoms with Gasteiger partial charge in [0.1, 0.15) is 5.69 Å². The van der Waals surface area contributed by atoms with Gasteiger partial charge in [0.15, 0.2) is 0 Å². The molecule has 0 saturated carbocycles. The summed E-state index contributed by atoms with van der Waals surface area (Å²) in [6.07, 6.45) is 1.58. The summed E-state index contributed by atoms with van der Waals surface area (Å²) in [6.45, 7) is 2.08. The van der Waals surface area contributed by atoms with E-state index in [4.69, 9.17) is 10.5 Å². The minimum absolute atomic E-state index is 0.155. The number of ether oxygens (including phenoxy) is 1. The van der Waals surface area contributed by atoms with Crippen molar-refractivity contribution in [1.29, 1.82) is 0 Å². The number of aromatic nitrogens is 3. The maximum atomic E-state index is 12.5. The standard InChI is InChI=1S/C17H14BrIN4O2/c1-2-25-16(24)11-12(19)15(14-10(18)8-21-17(20)23-14)22-13(11)9-6-4-3-5-7-9/h3-8,22H,2H2,1H3,(H2,20,21,23). The fraction of sp³-hybridized carbons (Fsp3) is 0.118. The Labute approximate surface area is 166 Å². The number of H-pyrrole nitrogens is 1. The van der Waals surface area contributed by atoms with E-state index in [1.54, 1.807) is 13.1 Å². The van der Waals surface area contributed by atoms with Crippen molar-refractivity contribution in [3.63, 3.8) is 0 Å². The number of halogens is 2. The molecule has 0 fully saturated rings. The lowest BCUT2D eigenvalue weighted by Crippen LogP contribution is -2.06. The predicted octanol–water partition coefficient (Wildman–Crippen LogP) is 4.26. The van der Waals surface area contributed by atoms with E-state index in [1.165, 1.54) is 0 Å². The Morgan fingerprint density at radius 3 is 2.72 bits per heavy atom. The maximum absolute atomic E-state index is 12.5. The average molecular weight is 513 g/mol. The van der Waals surface area contributed by atoms with Gasteiger partial charge in [-0.05, 0) is 51.0 Å². The minimum Gasteiger partial charge on any atom is -0.462 e. The fourth-order valence-corrected chi connectivity index (χ4v) is 3.68. The summed E-state index contributed by atoms with van der Waals surface area (Å²) in [5, 5.41) is 0. The Morgan fingerprint density at radius 2 is 2.04 bits per heavy atom. The van der Waals surface area contributed by atoms with Gasteiger partial charge in [-0.3, -0.25) is 0 Å². The molecule has 128 valence electrons. The topological polar surface area (TPSA) is 93.9 Å². The summed E-state index contributed by atoms with van der Waals surface area (Å²) in [7, 11) is 0. The third-order valence-corrected chi connectivity index (χ3v) is 5.14. The van der Waals surface area contributed by atoms with Crippen LogP contribution in [0.15, 0.2) is 41.0 Å². The number of nitrogen functional groups attached to an aromatic ring is 1. The molecular formula is C17H14BrIN4O2. The largest absolute Gasteiger partial charge is 0.462 e. The number of carbonyl (C=O) groups excluding carboxylic acids is 1. The van der Waals surface area contributed by atoms with Crippen molar-refractivity contribution in [3.8, 4) is 22.6 Å². The minimum atomic E-state index is -0.383. The van der Waals surface area contributed by atoms with Crippen molar-refractivity contribution in [2.45, 2.75) is 6.92 Å². The highest BCUT2D eigenvalue weighted by molar-refractivity contribution is 14.1. The smallest absolute Gasteiger partial charge is 0.341 e. The molecule has 0 unspecified atom stereocenters. The number of aromatic amines is 1. The lowest BCUT2D eigenvalue weighted by atomic mass is 10.1. The van der Waals surface area contributed by atoms with Crippen molar-refractivity contribution in [3.05, 3.63) is 50.1 Å². The van der Waals surface area contributed by atoms with Gasteiger partial charge < -0.3 is 15.5 Å². The Balaban J connectivity index is 2.25. The molecule has 0 aliphatic heterocycles. The van der Waals surface area contributed by atoms with Crippen molar-refractivity contribution in [1.82, 2.24) is 15.0 Å². The zero-order valence-corrected chi connectivity index (χ0v) is 17.0. The van der Waals surface area contributed by atoms with E-state index in [0.717, 1.165) is 5.56 Å². The van der Waals surface area contributed by atoms with Crippen LogP contribution < -0.4 is 5.73 Å². The Morgan fingerprint density at radius 1 is 1.32 bits per heavy atom. The van der Waals surface area contributed by atoms with Crippen molar-refractivity contribution < 1.29 is 9.53 Å². The van der Waals surface area contributed by atoms with E-state index in [1.807, 2.05) is 30.3 Å². The first-order chi connectivity index (χ1) is 12.0. The molecule has 6 nitrogen and oxygen atoms in total. The number of rotatable bonds is 4. The van der Waals surface area contributed by atoms with E-state index < -0.39 is 0 Å². The molecule has 0 bridgehead atoms. The second-order valence-corrected chi connectivity index (χ2v) is 7.01. The van der Waals surface area contributed by atoms with Gasteiger partial charge in [0.2, 0.25) is 5.95 Å². The highest BCUT2D eigenvalue weighted by Crippen LogP contribution is 2.37. The number of esters is 1. The van der Waals surface area contributed by atoms with E-state index in [0.29, 0.717) is 37.3 Å². The highest BCUT2D eigenvalue weighted by atomic mass is 127. The summed E-state index contributed by atoms with van der Waals surface area (Å²) >= 11 is 5.56. The Bertz CT molecular complexity index is 928. The van der Waals surface area contributed by atoms with E-state index >= 15 is 0 Å². The van der Waals surface area contributed by atoms with Crippen LogP contribution in [0.1, 0.15) is 17.3 Å². The number of nitrogens with two attached hydrogens (primary N) is 1. The summed E-state index contributed by atoms with van der Waals surface area (Å²) in [5.74, 6) is -0.228. The van der Waals surface area contributed by atoms with Crippen LogP contribution >= 0.6 is 38.5 Å². The maximum Gasteiger partial charge on any atom is 0.341 e. The second kappa shape index (κ2) is 7.52. The molecule has 2 heterocycles. The number of benzene rings is 1. The van der Waals surface area contributed by atoms with Crippen molar-refractivity contribution in [2.75, 3.05) is 12.3 Å². The van der Waals surface area contributed by atoms with Crippen molar-refractivity contribution >= 4 is 50.4 Å². The molecule has 3 aromatic rings. The van der Waals surface area contributed by atoms with Gasteiger partial charge in [0.05, 0.1) is 31.6 Å². The third-order valence-electron chi connectivity index (χ3n) is 3.48. The van der Waals surface area contributed by atoms with E-state index in [-0.39, 0.29) is 11.9 Å². The van der Waals surface area contributed by atoms with Crippen LogP contribution in [0.25, 0.3) is 22.6 Å². The number of carbonyl (C=O) groups is 1. The van der Waals surface area contributed by atoms with Crippen LogP contribution in [-0.2, 0) is 4.74 Å². The van der Waals surface area contributed by atoms with E-state index in [2.05, 4.69) is 53.5 Å². The Hall–Kier alpha value is -1.94. The molecule has 0 saturated heterocycles. The van der Waals surface area contributed by atoms with Gasteiger partial charge in [-0.2, -0.15) is 0 Å². The summed E-state index contributed by atoms with van der Waals surface area (Å²) in [6, 6.07) is 9.60. The molecule has 0 atom stereocenters. The SMILES string of the molecule is CCOC(=O)c1c(-c2ccccc2)[nH]c(-c2nc(N)ncc2Br)c1I. The van der Waals surface area contributed by atoms with Gasteiger partial charge in [0, 0.05) is 6.20 Å². The van der Waals surface area contributed by atoms with Gasteiger partial charge in [-0.25, -0.2) is 14.8 Å². The normalized spacial score (nSPS) is 10.7. The first kappa shape index (κ1) is 17.9. The van der Waals surface area contributed by atoms with Crippen LogP contribution in [0, 0.1) is 3.57 Å². The van der Waals surface area contributed by atoms with Crippen LogP contribution in [0.3, 0.4) is 0 Å². The molecule has 3 rings (SSSR count). The molecule has 0 aliphatic carbocycles. The summed E-state index contributed by atoms with van der Waals surface area (Å²) in [5.41, 5.74) is 9.04.